The lowest BCUT2D eigenvalue weighted by Gasteiger charge is -2.38. The zero-order valence-electron chi connectivity index (χ0n) is 15.9. The Labute approximate surface area is 179 Å². The van der Waals surface area contributed by atoms with Crippen molar-refractivity contribution in [1.82, 2.24) is 9.21 Å². The van der Waals surface area contributed by atoms with E-state index in [0.717, 1.165) is 29.2 Å². The first-order chi connectivity index (χ1) is 14.8. The van der Waals surface area contributed by atoms with E-state index in [9.17, 15) is 57.5 Å². The Hall–Kier alpha value is -2.56. The quantitative estimate of drug-likeness (QED) is 0.587. The summed E-state index contributed by atoms with van der Waals surface area (Å²) in [6, 6.07) is 4.28. The van der Waals surface area contributed by atoms with Crippen LogP contribution in [0.2, 0.25) is 0 Å². The predicted molar refractivity (Wildman–Crippen MR) is 90.7 cm³/mol. The SMILES string of the molecule is O=C(O)c1ccc(C(=O)N2CCN(S(=O)(=O)C(F)(F)C(F)(F)C(F)(F)C(F)(F)F)CC2)cc1. The lowest BCUT2D eigenvalue weighted by Crippen LogP contribution is -2.66. The Morgan fingerprint density at radius 1 is 0.758 bits per heavy atom. The van der Waals surface area contributed by atoms with Crippen LogP contribution in [0.25, 0.3) is 0 Å². The van der Waals surface area contributed by atoms with Gasteiger partial charge in [-0.1, -0.05) is 0 Å². The summed E-state index contributed by atoms with van der Waals surface area (Å²) in [4.78, 5) is 24.0. The molecule has 1 aromatic carbocycles. The number of aromatic carboxylic acids is 1. The monoisotopic (exact) mass is 516 g/mol. The van der Waals surface area contributed by atoms with Gasteiger partial charge in [-0.25, -0.2) is 13.2 Å². The first kappa shape index (κ1) is 26.7. The van der Waals surface area contributed by atoms with Crippen molar-refractivity contribution in [2.45, 2.75) is 23.3 Å². The number of nitrogens with zero attached hydrogens (tertiary/aromatic N) is 2. The van der Waals surface area contributed by atoms with Crippen LogP contribution in [-0.2, 0) is 10.0 Å². The molecule has 0 saturated carbocycles. The van der Waals surface area contributed by atoms with Crippen molar-refractivity contribution in [3.8, 4) is 0 Å². The van der Waals surface area contributed by atoms with Crippen molar-refractivity contribution in [2.75, 3.05) is 26.2 Å². The Balaban J connectivity index is 2.20. The molecule has 33 heavy (non-hydrogen) atoms. The Morgan fingerprint density at radius 2 is 1.18 bits per heavy atom. The Kier molecular flexibility index (Phi) is 6.74. The third-order valence-corrected chi connectivity index (χ3v) is 6.63. The Bertz CT molecular complexity index is 1020. The van der Waals surface area contributed by atoms with Crippen molar-refractivity contribution in [3.63, 3.8) is 0 Å². The maximum absolute atomic E-state index is 13.9. The van der Waals surface area contributed by atoms with Crippen LogP contribution in [0.1, 0.15) is 20.7 Å². The number of benzene rings is 1. The molecular weight excluding hydrogens is 503 g/mol. The second kappa shape index (κ2) is 8.34. The summed E-state index contributed by atoms with van der Waals surface area (Å²) in [5.41, 5.74) is -0.278. The number of alkyl halides is 9. The molecule has 17 heteroatoms. The van der Waals surface area contributed by atoms with Crippen molar-refractivity contribution in [2.24, 2.45) is 0 Å². The number of carboxylic acid groups (broad SMARTS) is 1. The number of carbonyl (C=O) groups excluding carboxylic acids is 1. The zero-order chi connectivity index (χ0) is 25.6. The molecule has 0 atom stereocenters. The van der Waals surface area contributed by atoms with Crippen LogP contribution >= 0.6 is 0 Å². The van der Waals surface area contributed by atoms with Gasteiger partial charge in [0.05, 0.1) is 5.56 Å². The number of rotatable bonds is 6. The normalized spacial score (nSPS) is 17.2. The van der Waals surface area contributed by atoms with Gasteiger partial charge in [-0.15, -0.1) is 0 Å². The molecule has 0 bridgehead atoms. The average molecular weight is 516 g/mol. The molecule has 1 amide bonds. The minimum Gasteiger partial charge on any atom is -0.478 e. The third-order valence-electron chi connectivity index (χ3n) is 4.68. The minimum absolute atomic E-state index is 0.0991. The third kappa shape index (κ3) is 4.34. The van der Waals surface area contributed by atoms with Gasteiger partial charge in [-0.3, -0.25) is 4.79 Å². The molecule has 1 aromatic rings. The molecule has 186 valence electrons. The van der Waals surface area contributed by atoms with E-state index in [4.69, 9.17) is 5.11 Å². The van der Waals surface area contributed by atoms with Crippen LogP contribution in [0.15, 0.2) is 24.3 Å². The summed E-state index contributed by atoms with van der Waals surface area (Å²) in [6.07, 6.45) is -7.17. The molecule has 0 aromatic heterocycles. The number of halogens is 9. The van der Waals surface area contributed by atoms with Crippen LogP contribution in [-0.4, -0.2) is 84.1 Å². The van der Waals surface area contributed by atoms with E-state index >= 15 is 0 Å². The summed E-state index contributed by atoms with van der Waals surface area (Å²) < 4.78 is 141. The maximum atomic E-state index is 13.9. The van der Waals surface area contributed by atoms with E-state index in [-0.39, 0.29) is 11.1 Å². The number of carbonyl (C=O) groups is 2. The molecule has 1 aliphatic rings. The highest BCUT2D eigenvalue weighted by molar-refractivity contribution is 7.90. The van der Waals surface area contributed by atoms with Crippen LogP contribution < -0.4 is 0 Å². The van der Waals surface area contributed by atoms with E-state index < -0.39 is 75.7 Å². The highest BCUT2D eigenvalue weighted by atomic mass is 32.2. The number of amides is 1. The second-order valence-electron chi connectivity index (χ2n) is 6.74. The fourth-order valence-electron chi connectivity index (χ4n) is 2.75. The van der Waals surface area contributed by atoms with E-state index in [1.165, 1.54) is 0 Å². The second-order valence-corrected chi connectivity index (χ2v) is 8.72. The molecule has 0 spiro atoms. The van der Waals surface area contributed by atoms with Gasteiger partial charge in [0.1, 0.15) is 0 Å². The van der Waals surface area contributed by atoms with Gasteiger partial charge < -0.3 is 10.0 Å². The van der Waals surface area contributed by atoms with Crippen LogP contribution in [0, 0.1) is 0 Å². The van der Waals surface area contributed by atoms with Crippen molar-refractivity contribution in [1.29, 1.82) is 0 Å². The first-order valence-corrected chi connectivity index (χ1v) is 10.1. The van der Waals surface area contributed by atoms with Gasteiger partial charge in [0.2, 0.25) is 0 Å². The fourth-order valence-corrected chi connectivity index (χ4v) is 4.17. The lowest BCUT2D eigenvalue weighted by atomic mass is 10.1. The smallest absolute Gasteiger partial charge is 0.460 e. The van der Waals surface area contributed by atoms with Crippen molar-refractivity contribution >= 4 is 21.9 Å². The standard InChI is InChI=1S/C16H13F9N2O5S/c17-13(18,15(21,22)23)14(19,20)16(24,25)33(31,32)27-7-5-26(6-8-27)11(28)9-1-3-10(4-2-9)12(29)30/h1-4H,5-8H2,(H,29,30). The zero-order valence-corrected chi connectivity index (χ0v) is 16.7. The number of sulfonamides is 1. The average Bonchev–Trinajstić information content (AvgIpc) is 2.72. The fraction of sp³-hybridized carbons (Fsp3) is 0.500. The first-order valence-electron chi connectivity index (χ1n) is 8.61. The largest absolute Gasteiger partial charge is 0.478 e. The summed E-state index contributed by atoms with van der Waals surface area (Å²) >= 11 is 0. The molecule has 7 nitrogen and oxygen atoms in total. The molecule has 0 unspecified atom stereocenters. The molecule has 0 radical (unpaired) electrons. The molecule has 1 fully saturated rings. The van der Waals surface area contributed by atoms with Gasteiger partial charge in [-0.2, -0.15) is 43.8 Å². The topological polar surface area (TPSA) is 95.0 Å². The predicted octanol–water partition coefficient (Wildman–Crippen LogP) is 2.90. The molecule has 2 rings (SSSR count). The van der Waals surface area contributed by atoms with E-state index in [0.29, 0.717) is 0 Å². The van der Waals surface area contributed by atoms with Crippen molar-refractivity contribution < 1.29 is 62.6 Å². The van der Waals surface area contributed by atoms with Crippen LogP contribution in [0.3, 0.4) is 0 Å². The van der Waals surface area contributed by atoms with E-state index in [2.05, 4.69) is 0 Å². The van der Waals surface area contributed by atoms with E-state index in [1.54, 1.807) is 0 Å². The number of hydrogen-bond donors (Lipinski definition) is 1. The van der Waals surface area contributed by atoms with E-state index in [1.807, 2.05) is 0 Å². The molecule has 1 saturated heterocycles. The van der Waals surface area contributed by atoms with Gasteiger partial charge in [0.25, 0.3) is 15.9 Å². The number of carboxylic acids is 1. The van der Waals surface area contributed by atoms with Gasteiger partial charge >= 0.3 is 29.2 Å². The van der Waals surface area contributed by atoms with Crippen molar-refractivity contribution in [3.05, 3.63) is 35.4 Å². The summed E-state index contributed by atoms with van der Waals surface area (Å²) in [5, 5.41) is 1.97. The van der Waals surface area contributed by atoms with Gasteiger partial charge in [0, 0.05) is 31.7 Å². The minimum atomic E-state index is -7.36. The summed E-state index contributed by atoms with van der Waals surface area (Å²) in [7, 11) is -6.72. The summed E-state index contributed by atoms with van der Waals surface area (Å²) in [6.45, 7) is -3.61. The lowest BCUT2D eigenvalue weighted by molar-refractivity contribution is -0.382. The summed E-state index contributed by atoms with van der Waals surface area (Å²) in [5.74, 6) is -16.8. The van der Waals surface area contributed by atoms with Gasteiger partial charge in [0.15, 0.2) is 0 Å². The highest BCUT2D eigenvalue weighted by Gasteiger charge is 2.85. The van der Waals surface area contributed by atoms with Crippen LogP contribution in [0.4, 0.5) is 39.5 Å². The number of hydrogen-bond acceptors (Lipinski definition) is 4. The highest BCUT2D eigenvalue weighted by Crippen LogP contribution is 2.55. The number of piperazine rings is 1. The molecule has 1 heterocycles. The molecule has 0 aliphatic carbocycles. The molecule has 1 aliphatic heterocycles. The molecular formula is C16H13F9N2O5S. The Morgan fingerprint density at radius 3 is 1.58 bits per heavy atom. The van der Waals surface area contributed by atoms with Gasteiger partial charge in [-0.05, 0) is 24.3 Å². The van der Waals surface area contributed by atoms with Crippen LogP contribution in [0.5, 0.6) is 0 Å². The maximum Gasteiger partial charge on any atom is 0.460 e. The molecule has 1 N–H and O–H groups in total.